The van der Waals surface area contributed by atoms with Crippen LogP contribution in [-0.4, -0.2) is 6.16 Å². The lowest BCUT2D eigenvalue weighted by Crippen LogP contribution is -2.06. The summed E-state index contributed by atoms with van der Waals surface area (Å²) in [6.45, 7) is 3.28. The predicted molar refractivity (Wildman–Crippen MR) is 69.2 cm³/mol. The summed E-state index contributed by atoms with van der Waals surface area (Å²) in [5.74, 6) is 0.434. The van der Waals surface area contributed by atoms with E-state index in [2.05, 4.69) is 11.3 Å². The first-order chi connectivity index (χ1) is 8.79. The van der Waals surface area contributed by atoms with E-state index >= 15 is 0 Å². The van der Waals surface area contributed by atoms with Crippen molar-refractivity contribution in [3.8, 4) is 16.9 Å². The molecule has 0 radical (unpaired) electrons. The molecule has 0 aliphatic heterocycles. The van der Waals surface area contributed by atoms with E-state index in [-0.39, 0.29) is 0 Å². The second-order valence-electron chi connectivity index (χ2n) is 3.53. The number of hydrogen-bond acceptors (Lipinski definition) is 3. The Hall–Kier alpha value is -2.55. The molecule has 3 nitrogen and oxygen atoms in total. The minimum atomic E-state index is -0.796. The van der Waals surface area contributed by atoms with Gasteiger partial charge in [-0.1, -0.05) is 49.0 Å². The Balaban J connectivity index is 2.20. The lowest BCUT2D eigenvalue weighted by atomic mass is 10.1. The highest BCUT2D eigenvalue weighted by molar-refractivity contribution is 5.68. The smallest absolute Gasteiger partial charge is 0.403 e. The van der Waals surface area contributed by atoms with Crippen LogP contribution in [0, 0.1) is 0 Å². The summed E-state index contributed by atoms with van der Waals surface area (Å²) < 4.78 is 9.48. The van der Waals surface area contributed by atoms with E-state index in [9.17, 15) is 4.79 Å². The van der Waals surface area contributed by atoms with Gasteiger partial charge < -0.3 is 9.47 Å². The van der Waals surface area contributed by atoms with Gasteiger partial charge in [0.05, 0.1) is 6.26 Å². The lowest BCUT2D eigenvalue weighted by molar-refractivity contribution is 0.136. The molecule has 0 atom stereocenters. The number of ether oxygens (including phenoxy) is 2. The minimum Gasteiger partial charge on any atom is -0.403 e. The third-order valence-corrected chi connectivity index (χ3v) is 2.32. The largest absolute Gasteiger partial charge is 0.518 e. The zero-order chi connectivity index (χ0) is 12.8. The molecule has 3 heteroatoms. The fourth-order valence-electron chi connectivity index (χ4n) is 1.56. The highest BCUT2D eigenvalue weighted by atomic mass is 16.7. The van der Waals surface area contributed by atoms with Crippen LogP contribution in [0.3, 0.4) is 0 Å². The highest BCUT2D eigenvalue weighted by Crippen LogP contribution is 2.23. The molecule has 0 heterocycles. The van der Waals surface area contributed by atoms with Crippen molar-refractivity contribution >= 4 is 6.16 Å². The summed E-state index contributed by atoms with van der Waals surface area (Å²) in [7, 11) is 0. The predicted octanol–water partition coefficient (Wildman–Crippen LogP) is 4.01. The Morgan fingerprint density at radius 1 is 1.00 bits per heavy atom. The standard InChI is InChI=1S/C15H12O3/c1-2-17-15(16)18-14-10-6-9-13(11-14)12-7-4-3-5-8-12/h2-11H,1H2. The zero-order valence-corrected chi connectivity index (χ0v) is 9.71. The van der Waals surface area contributed by atoms with Gasteiger partial charge in [-0.25, -0.2) is 4.79 Å². The van der Waals surface area contributed by atoms with Gasteiger partial charge in [-0.05, 0) is 23.3 Å². The molecule has 0 N–H and O–H groups in total. The summed E-state index contributed by atoms with van der Waals surface area (Å²) >= 11 is 0. The maximum Gasteiger partial charge on any atom is 0.518 e. The molecule has 0 amide bonds. The first-order valence-corrected chi connectivity index (χ1v) is 5.44. The number of rotatable bonds is 3. The highest BCUT2D eigenvalue weighted by Gasteiger charge is 2.05. The van der Waals surface area contributed by atoms with Crippen molar-refractivity contribution in [1.82, 2.24) is 0 Å². The van der Waals surface area contributed by atoms with Crippen LogP contribution in [0.4, 0.5) is 4.79 Å². The molecule has 18 heavy (non-hydrogen) atoms. The van der Waals surface area contributed by atoms with Crippen LogP contribution >= 0.6 is 0 Å². The van der Waals surface area contributed by atoms with Gasteiger partial charge in [0.1, 0.15) is 5.75 Å². The second-order valence-corrected chi connectivity index (χ2v) is 3.53. The number of hydrogen-bond donors (Lipinski definition) is 0. The molecule has 0 saturated heterocycles. The third-order valence-electron chi connectivity index (χ3n) is 2.32. The van der Waals surface area contributed by atoms with Gasteiger partial charge in [0.15, 0.2) is 0 Å². The van der Waals surface area contributed by atoms with Gasteiger partial charge in [-0.2, -0.15) is 0 Å². The molecule has 90 valence electrons. The van der Waals surface area contributed by atoms with Gasteiger partial charge in [-0.3, -0.25) is 0 Å². The van der Waals surface area contributed by atoms with Crippen LogP contribution in [0.5, 0.6) is 5.75 Å². The fourth-order valence-corrected chi connectivity index (χ4v) is 1.56. The van der Waals surface area contributed by atoms with E-state index in [1.165, 1.54) is 0 Å². The molecular weight excluding hydrogens is 228 g/mol. The van der Waals surface area contributed by atoms with E-state index in [4.69, 9.17) is 4.74 Å². The van der Waals surface area contributed by atoms with Crippen molar-refractivity contribution in [2.75, 3.05) is 0 Å². The van der Waals surface area contributed by atoms with E-state index in [1.54, 1.807) is 12.1 Å². The fraction of sp³-hybridized carbons (Fsp3) is 0. The van der Waals surface area contributed by atoms with E-state index in [0.29, 0.717) is 5.75 Å². The Bertz CT molecular complexity index is 547. The molecule has 0 bridgehead atoms. The summed E-state index contributed by atoms with van der Waals surface area (Å²) in [6, 6.07) is 17.1. The lowest BCUT2D eigenvalue weighted by Gasteiger charge is -2.05. The third kappa shape index (κ3) is 2.98. The van der Waals surface area contributed by atoms with Gasteiger partial charge in [0, 0.05) is 0 Å². The number of carbonyl (C=O) groups is 1. The van der Waals surface area contributed by atoms with Crippen molar-refractivity contribution in [1.29, 1.82) is 0 Å². The Kier molecular flexibility index (Phi) is 3.76. The van der Waals surface area contributed by atoms with Crippen LogP contribution in [0.2, 0.25) is 0 Å². The Morgan fingerprint density at radius 2 is 1.72 bits per heavy atom. The van der Waals surface area contributed by atoms with Crippen molar-refractivity contribution in [3.63, 3.8) is 0 Å². The molecule has 2 aromatic rings. The molecule has 0 unspecified atom stereocenters. The monoisotopic (exact) mass is 240 g/mol. The molecule has 0 spiro atoms. The molecule has 2 aromatic carbocycles. The average Bonchev–Trinajstić information content (AvgIpc) is 2.40. The van der Waals surface area contributed by atoms with Crippen molar-refractivity contribution in [2.24, 2.45) is 0 Å². The molecule has 0 aliphatic rings. The van der Waals surface area contributed by atoms with Crippen LogP contribution in [0.15, 0.2) is 67.4 Å². The van der Waals surface area contributed by atoms with Gasteiger partial charge in [0.25, 0.3) is 0 Å². The summed E-state index contributed by atoms with van der Waals surface area (Å²) in [6.07, 6.45) is 0.235. The Morgan fingerprint density at radius 3 is 2.44 bits per heavy atom. The van der Waals surface area contributed by atoms with Crippen molar-refractivity contribution in [3.05, 3.63) is 67.4 Å². The molecule has 0 fully saturated rings. The first-order valence-electron chi connectivity index (χ1n) is 5.44. The van der Waals surface area contributed by atoms with E-state index in [0.717, 1.165) is 17.4 Å². The molecule has 0 aromatic heterocycles. The maximum absolute atomic E-state index is 11.1. The first kappa shape index (κ1) is 11.9. The molecular formula is C15H12O3. The quantitative estimate of drug-likeness (QED) is 0.462. The average molecular weight is 240 g/mol. The van der Waals surface area contributed by atoms with Crippen molar-refractivity contribution < 1.29 is 14.3 Å². The number of carbonyl (C=O) groups excluding carboxylic acids is 1. The summed E-state index contributed by atoms with van der Waals surface area (Å²) in [5.41, 5.74) is 2.03. The van der Waals surface area contributed by atoms with Crippen LogP contribution in [-0.2, 0) is 4.74 Å². The topological polar surface area (TPSA) is 35.5 Å². The van der Waals surface area contributed by atoms with Gasteiger partial charge in [0.2, 0.25) is 0 Å². The van der Waals surface area contributed by atoms with Crippen molar-refractivity contribution in [2.45, 2.75) is 0 Å². The molecule has 2 rings (SSSR count). The van der Waals surface area contributed by atoms with Crippen LogP contribution in [0.25, 0.3) is 11.1 Å². The molecule has 0 saturated carbocycles. The SMILES string of the molecule is C=COC(=O)Oc1cccc(-c2ccccc2)c1. The van der Waals surface area contributed by atoms with Crippen LogP contribution in [0.1, 0.15) is 0 Å². The van der Waals surface area contributed by atoms with Gasteiger partial charge >= 0.3 is 6.16 Å². The minimum absolute atomic E-state index is 0.434. The normalized spacial score (nSPS) is 9.56. The second kappa shape index (κ2) is 5.68. The van der Waals surface area contributed by atoms with E-state index in [1.807, 2.05) is 42.5 Å². The van der Waals surface area contributed by atoms with Crippen LogP contribution < -0.4 is 4.74 Å². The maximum atomic E-state index is 11.1. The van der Waals surface area contributed by atoms with E-state index < -0.39 is 6.16 Å². The van der Waals surface area contributed by atoms with Gasteiger partial charge in [-0.15, -0.1) is 0 Å². The Labute approximate surface area is 105 Å². The summed E-state index contributed by atoms with van der Waals surface area (Å²) in [5, 5.41) is 0. The molecule has 0 aliphatic carbocycles. The zero-order valence-electron chi connectivity index (χ0n) is 9.71. The number of benzene rings is 2. The summed E-state index contributed by atoms with van der Waals surface area (Å²) in [4.78, 5) is 11.1.